The topological polar surface area (TPSA) is 78.4 Å². The highest BCUT2D eigenvalue weighted by Crippen LogP contribution is 2.24. The molecule has 1 aromatic rings. The van der Waals surface area contributed by atoms with Crippen LogP contribution >= 0.6 is 23.4 Å². The number of benzene rings is 1. The van der Waals surface area contributed by atoms with Gasteiger partial charge in [0.25, 0.3) is 5.24 Å². The lowest BCUT2D eigenvalue weighted by atomic mass is 10.2. The first-order valence-electron chi connectivity index (χ1n) is 5.73. The van der Waals surface area contributed by atoms with Crippen LogP contribution in [0.4, 0.5) is 10.5 Å². The van der Waals surface area contributed by atoms with Gasteiger partial charge in [0.1, 0.15) is 12.6 Å². The molecule has 1 unspecified atom stereocenters. The van der Waals surface area contributed by atoms with Gasteiger partial charge in [-0.15, -0.1) is 0 Å². The second-order valence-corrected chi connectivity index (χ2v) is 5.34. The highest BCUT2D eigenvalue weighted by Gasteiger charge is 2.28. The van der Waals surface area contributed by atoms with E-state index in [1.54, 1.807) is 18.2 Å². The summed E-state index contributed by atoms with van der Waals surface area (Å²) in [5.74, 6) is 5.32. The highest BCUT2D eigenvalue weighted by atomic mass is 35.5. The van der Waals surface area contributed by atoms with Crippen LogP contribution in [-0.2, 0) is 4.79 Å². The molecular weight excluding hydrogens is 300 g/mol. The van der Waals surface area contributed by atoms with Crippen LogP contribution in [0.1, 0.15) is 5.56 Å². The van der Waals surface area contributed by atoms with Crippen LogP contribution in [0.5, 0.6) is 0 Å². The van der Waals surface area contributed by atoms with Gasteiger partial charge in [-0.25, -0.2) is 0 Å². The molecule has 0 radical (unpaired) electrons. The fraction of sp³-hybridized carbons (Fsp3) is 0.231. The minimum atomic E-state index is -0.559. The maximum atomic E-state index is 12.0. The number of hydrogen-bond acceptors (Lipinski definition) is 4. The molecule has 2 rings (SSSR count). The molecule has 0 aliphatic carbocycles. The van der Waals surface area contributed by atoms with Gasteiger partial charge < -0.3 is 15.7 Å². The summed E-state index contributed by atoms with van der Waals surface area (Å²) in [5, 5.41) is 14.0. The molecule has 1 atom stereocenters. The average Bonchev–Trinajstić information content (AvgIpc) is 2.86. The number of carbonyl (C=O) groups is 2. The van der Waals surface area contributed by atoms with Crippen molar-refractivity contribution in [3.63, 3.8) is 0 Å². The zero-order chi connectivity index (χ0) is 14.5. The first-order chi connectivity index (χ1) is 9.60. The van der Waals surface area contributed by atoms with Gasteiger partial charge in [0.05, 0.1) is 10.7 Å². The largest absolute Gasteiger partial charge is 0.384 e. The summed E-state index contributed by atoms with van der Waals surface area (Å²) in [6.07, 6.45) is 0. The van der Waals surface area contributed by atoms with E-state index in [1.165, 1.54) is 0 Å². The Bertz CT molecular complexity index is 609. The molecular formula is C13H11ClN2O3S. The molecule has 1 heterocycles. The Hall–Kier alpha value is -1.68. The number of hydrogen-bond donors (Lipinski definition) is 3. The van der Waals surface area contributed by atoms with Gasteiger partial charge in [0, 0.05) is 11.3 Å². The molecule has 0 aromatic heterocycles. The normalized spacial score (nSPS) is 17.1. The summed E-state index contributed by atoms with van der Waals surface area (Å²) in [4.78, 5) is 23.0. The summed E-state index contributed by atoms with van der Waals surface area (Å²) in [5.41, 5.74) is 1.05. The summed E-state index contributed by atoms with van der Waals surface area (Å²) < 4.78 is 0. The van der Waals surface area contributed by atoms with Crippen LogP contribution in [0.2, 0.25) is 5.02 Å². The molecule has 1 saturated heterocycles. The van der Waals surface area contributed by atoms with E-state index in [2.05, 4.69) is 22.5 Å². The maximum absolute atomic E-state index is 12.0. The number of aliphatic hydroxyl groups is 1. The Morgan fingerprint density at radius 3 is 3.05 bits per heavy atom. The number of halogens is 1. The third kappa shape index (κ3) is 3.67. The lowest BCUT2D eigenvalue weighted by molar-refractivity contribution is -0.117. The van der Waals surface area contributed by atoms with E-state index >= 15 is 0 Å². The number of anilines is 1. The first-order valence-corrected chi connectivity index (χ1v) is 7.10. The van der Waals surface area contributed by atoms with Crippen LogP contribution in [-0.4, -0.2) is 34.7 Å². The number of rotatable bonds is 2. The molecule has 104 valence electrons. The van der Waals surface area contributed by atoms with Crippen LogP contribution in [0.3, 0.4) is 0 Å². The van der Waals surface area contributed by atoms with Crippen molar-refractivity contribution in [2.45, 2.75) is 6.04 Å². The monoisotopic (exact) mass is 310 g/mol. The Morgan fingerprint density at radius 1 is 1.60 bits per heavy atom. The third-order valence-electron chi connectivity index (χ3n) is 2.53. The summed E-state index contributed by atoms with van der Waals surface area (Å²) >= 11 is 7.07. The minimum Gasteiger partial charge on any atom is -0.384 e. The predicted molar refractivity (Wildman–Crippen MR) is 78.8 cm³/mol. The molecule has 0 bridgehead atoms. The molecule has 1 fully saturated rings. The minimum absolute atomic E-state index is 0.209. The van der Waals surface area contributed by atoms with E-state index < -0.39 is 6.04 Å². The van der Waals surface area contributed by atoms with Crippen LogP contribution in [0.15, 0.2) is 18.2 Å². The molecule has 1 aromatic carbocycles. The van der Waals surface area contributed by atoms with E-state index in [0.29, 0.717) is 22.0 Å². The summed E-state index contributed by atoms with van der Waals surface area (Å²) in [7, 11) is 0. The van der Waals surface area contributed by atoms with Gasteiger partial charge in [-0.3, -0.25) is 9.59 Å². The van der Waals surface area contributed by atoms with Gasteiger partial charge in [0.15, 0.2) is 0 Å². The van der Waals surface area contributed by atoms with Gasteiger partial charge in [0.2, 0.25) is 5.91 Å². The number of amides is 2. The lowest BCUT2D eigenvalue weighted by Gasteiger charge is -2.11. The Balaban J connectivity index is 2.12. The van der Waals surface area contributed by atoms with Crippen molar-refractivity contribution in [1.82, 2.24) is 5.32 Å². The Morgan fingerprint density at radius 2 is 2.40 bits per heavy atom. The number of aliphatic hydroxyl groups excluding tert-OH is 1. The van der Waals surface area contributed by atoms with Crippen molar-refractivity contribution in [2.24, 2.45) is 0 Å². The van der Waals surface area contributed by atoms with Gasteiger partial charge >= 0.3 is 0 Å². The molecule has 7 heteroatoms. The van der Waals surface area contributed by atoms with Crippen molar-refractivity contribution < 1.29 is 14.7 Å². The standard InChI is InChI=1S/C13H11ClN2O3S/c14-9-4-3-8(2-1-5-17)6-10(9)15-12(18)11-7-20-13(19)16-11/h3-4,6,11,17H,5,7H2,(H,15,18)(H,16,19). The third-order valence-corrected chi connectivity index (χ3v) is 3.74. The van der Waals surface area contributed by atoms with E-state index in [1.807, 2.05) is 0 Å². The molecule has 0 saturated carbocycles. The summed E-state index contributed by atoms with van der Waals surface area (Å²) in [6.45, 7) is -0.240. The number of thioether (sulfide) groups is 1. The molecule has 2 amide bonds. The Kier molecular flexibility index (Phi) is 4.90. The second kappa shape index (κ2) is 6.66. The van der Waals surface area contributed by atoms with Crippen molar-refractivity contribution in [3.8, 4) is 11.8 Å². The Labute approximate surface area is 125 Å². The van der Waals surface area contributed by atoms with Crippen molar-refractivity contribution in [1.29, 1.82) is 0 Å². The predicted octanol–water partition coefficient (Wildman–Crippen LogP) is 1.45. The van der Waals surface area contributed by atoms with E-state index in [0.717, 1.165) is 11.8 Å². The SMILES string of the molecule is O=C1NC(C(=O)Nc2cc(C#CCO)ccc2Cl)CS1. The van der Waals surface area contributed by atoms with Gasteiger partial charge in [-0.05, 0) is 18.2 Å². The molecule has 0 spiro atoms. The average molecular weight is 311 g/mol. The van der Waals surface area contributed by atoms with Crippen LogP contribution in [0, 0.1) is 11.8 Å². The summed E-state index contributed by atoms with van der Waals surface area (Å²) in [6, 6.07) is 4.36. The first kappa shape index (κ1) is 14.7. The van der Waals surface area contributed by atoms with Crippen molar-refractivity contribution in [2.75, 3.05) is 17.7 Å². The van der Waals surface area contributed by atoms with Crippen molar-refractivity contribution in [3.05, 3.63) is 28.8 Å². The molecule has 20 heavy (non-hydrogen) atoms. The quantitative estimate of drug-likeness (QED) is 0.722. The zero-order valence-corrected chi connectivity index (χ0v) is 11.8. The van der Waals surface area contributed by atoms with Crippen LogP contribution < -0.4 is 10.6 Å². The second-order valence-electron chi connectivity index (χ2n) is 3.94. The fourth-order valence-electron chi connectivity index (χ4n) is 1.59. The molecule has 5 nitrogen and oxygen atoms in total. The van der Waals surface area contributed by atoms with Crippen LogP contribution in [0.25, 0.3) is 0 Å². The van der Waals surface area contributed by atoms with E-state index in [4.69, 9.17) is 16.7 Å². The maximum Gasteiger partial charge on any atom is 0.279 e. The lowest BCUT2D eigenvalue weighted by Crippen LogP contribution is -2.38. The van der Waals surface area contributed by atoms with Gasteiger partial charge in [-0.1, -0.05) is 35.2 Å². The molecule has 1 aliphatic rings. The highest BCUT2D eigenvalue weighted by molar-refractivity contribution is 8.14. The van der Waals surface area contributed by atoms with E-state index in [-0.39, 0.29) is 17.8 Å². The molecule has 3 N–H and O–H groups in total. The van der Waals surface area contributed by atoms with E-state index in [9.17, 15) is 9.59 Å². The number of nitrogens with one attached hydrogen (secondary N) is 2. The van der Waals surface area contributed by atoms with Crippen molar-refractivity contribution >= 4 is 40.2 Å². The van der Waals surface area contributed by atoms with Gasteiger partial charge in [-0.2, -0.15) is 0 Å². The smallest absolute Gasteiger partial charge is 0.279 e. The number of carbonyl (C=O) groups excluding carboxylic acids is 2. The zero-order valence-electron chi connectivity index (χ0n) is 10.3. The molecule has 1 aliphatic heterocycles. The fourth-order valence-corrected chi connectivity index (χ4v) is 2.53.